The van der Waals surface area contributed by atoms with E-state index in [9.17, 15) is 4.39 Å². The van der Waals surface area contributed by atoms with Crippen LogP contribution in [-0.4, -0.2) is 20.3 Å². The molecule has 0 aromatic heterocycles. The van der Waals surface area contributed by atoms with E-state index in [1.165, 1.54) is 13.2 Å². The van der Waals surface area contributed by atoms with Gasteiger partial charge in [0.25, 0.3) is 0 Å². The van der Waals surface area contributed by atoms with Crippen LogP contribution >= 0.6 is 15.9 Å². The molecule has 0 aliphatic carbocycles. The van der Waals surface area contributed by atoms with Gasteiger partial charge in [0, 0.05) is 0 Å². The van der Waals surface area contributed by atoms with Crippen molar-refractivity contribution in [2.45, 2.75) is 4.83 Å². The second kappa shape index (κ2) is 5.93. The van der Waals surface area contributed by atoms with E-state index in [1.54, 1.807) is 6.07 Å². The monoisotopic (exact) mass is 352 g/mol. The zero-order valence-electron chi connectivity index (χ0n) is 11.4. The molecule has 1 heterocycles. The molecule has 0 amide bonds. The van der Waals surface area contributed by atoms with E-state index >= 15 is 0 Å². The van der Waals surface area contributed by atoms with Crippen molar-refractivity contribution in [2.75, 3.05) is 20.3 Å². The first kappa shape index (κ1) is 14.2. The fourth-order valence-electron chi connectivity index (χ4n) is 2.25. The van der Waals surface area contributed by atoms with Gasteiger partial charge in [-0.1, -0.05) is 28.1 Å². The molecular weight excluding hydrogens is 339 g/mol. The van der Waals surface area contributed by atoms with Crippen molar-refractivity contribution in [2.24, 2.45) is 0 Å². The van der Waals surface area contributed by atoms with Gasteiger partial charge in [-0.15, -0.1) is 0 Å². The summed E-state index contributed by atoms with van der Waals surface area (Å²) in [6.07, 6.45) is 0. The molecule has 110 valence electrons. The first-order chi connectivity index (χ1) is 10.2. The molecule has 0 fully saturated rings. The molecule has 0 saturated carbocycles. The Morgan fingerprint density at radius 1 is 1.05 bits per heavy atom. The van der Waals surface area contributed by atoms with Gasteiger partial charge >= 0.3 is 0 Å². The average Bonchev–Trinajstić information content (AvgIpc) is 2.53. The summed E-state index contributed by atoms with van der Waals surface area (Å²) in [5.41, 5.74) is 1.79. The van der Waals surface area contributed by atoms with Crippen molar-refractivity contribution >= 4 is 15.9 Å². The van der Waals surface area contributed by atoms with Crippen LogP contribution in [0.1, 0.15) is 16.0 Å². The summed E-state index contributed by atoms with van der Waals surface area (Å²) < 4.78 is 29.8. The van der Waals surface area contributed by atoms with Gasteiger partial charge < -0.3 is 14.2 Å². The van der Waals surface area contributed by atoms with Crippen LogP contribution in [0.4, 0.5) is 4.39 Å². The van der Waals surface area contributed by atoms with Crippen LogP contribution in [0.25, 0.3) is 0 Å². The number of halogens is 2. The summed E-state index contributed by atoms with van der Waals surface area (Å²) in [7, 11) is 1.45. The molecule has 0 bridgehead atoms. The van der Waals surface area contributed by atoms with Crippen LogP contribution in [0.3, 0.4) is 0 Å². The predicted molar refractivity (Wildman–Crippen MR) is 81.2 cm³/mol. The number of hydrogen-bond donors (Lipinski definition) is 0. The summed E-state index contributed by atoms with van der Waals surface area (Å²) in [5, 5.41) is 0. The second-order valence-electron chi connectivity index (χ2n) is 4.66. The minimum absolute atomic E-state index is 0.131. The molecule has 2 aromatic carbocycles. The molecule has 1 atom stereocenters. The fraction of sp³-hybridized carbons (Fsp3) is 0.250. The number of methoxy groups -OCH3 is 1. The topological polar surface area (TPSA) is 27.7 Å². The molecule has 3 rings (SSSR count). The maximum absolute atomic E-state index is 13.8. The molecule has 0 spiro atoms. The summed E-state index contributed by atoms with van der Waals surface area (Å²) in [4.78, 5) is -0.131. The highest BCUT2D eigenvalue weighted by Gasteiger charge is 2.17. The molecule has 0 radical (unpaired) electrons. The van der Waals surface area contributed by atoms with Crippen molar-refractivity contribution in [3.05, 3.63) is 53.3 Å². The Labute approximate surface area is 130 Å². The van der Waals surface area contributed by atoms with Gasteiger partial charge in [-0.3, -0.25) is 0 Å². The lowest BCUT2D eigenvalue weighted by atomic mass is 10.0. The number of hydrogen-bond acceptors (Lipinski definition) is 3. The summed E-state index contributed by atoms with van der Waals surface area (Å²) in [6.45, 7) is 1.11. The number of fused-ring (bicyclic) bond motifs is 1. The third-order valence-corrected chi connectivity index (χ3v) is 4.38. The molecular formula is C16H14BrFO3. The Bertz CT molecular complexity index is 660. The highest BCUT2D eigenvalue weighted by atomic mass is 79.9. The first-order valence-electron chi connectivity index (χ1n) is 6.56. The largest absolute Gasteiger partial charge is 0.494 e. The van der Waals surface area contributed by atoms with Crippen LogP contribution in [-0.2, 0) is 0 Å². The lowest BCUT2D eigenvalue weighted by molar-refractivity contribution is 0.171. The van der Waals surface area contributed by atoms with Crippen molar-refractivity contribution in [3.63, 3.8) is 0 Å². The third-order valence-electron chi connectivity index (χ3n) is 3.33. The molecule has 0 saturated heterocycles. The second-order valence-corrected chi connectivity index (χ2v) is 5.58. The maximum Gasteiger partial charge on any atom is 0.165 e. The number of benzene rings is 2. The first-order valence-corrected chi connectivity index (χ1v) is 7.47. The van der Waals surface area contributed by atoms with E-state index in [0.717, 1.165) is 22.6 Å². The Morgan fingerprint density at radius 2 is 1.71 bits per heavy atom. The standard InChI is InChI=1S/C16H14BrFO3/c1-19-13-4-2-10(8-12(13)18)16(17)11-3-5-14-15(9-11)21-7-6-20-14/h2-5,8-9,16H,6-7H2,1H3. The van der Waals surface area contributed by atoms with Gasteiger partial charge in [0.2, 0.25) is 0 Å². The number of ether oxygens (including phenoxy) is 3. The van der Waals surface area contributed by atoms with Gasteiger partial charge in [0.05, 0.1) is 11.9 Å². The lowest BCUT2D eigenvalue weighted by Gasteiger charge is -2.20. The van der Waals surface area contributed by atoms with E-state index in [4.69, 9.17) is 14.2 Å². The van der Waals surface area contributed by atoms with E-state index in [2.05, 4.69) is 15.9 Å². The van der Waals surface area contributed by atoms with Crippen molar-refractivity contribution in [3.8, 4) is 17.2 Å². The average molecular weight is 353 g/mol. The Hall–Kier alpha value is -1.75. The highest BCUT2D eigenvalue weighted by Crippen LogP contribution is 2.38. The van der Waals surface area contributed by atoms with Gasteiger partial charge in [-0.05, 0) is 35.4 Å². The SMILES string of the molecule is COc1ccc(C(Br)c2ccc3c(c2)OCCO3)cc1F. The summed E-state index contributed by atoms with van der Waals surface area (Å²) in [5.74, 6) is 1.32. The van der Waals surface area contributed by atoms with Crippen LogP contribution in [0, 0.1) is 5.82 Å². The molecule has 5 heteroatoms. The molecule has 0 N–H and O–H groups in total. The maximum atomic E-state index is 13.8. The van der Waals surface area contributed by atoms with E-state index in [1.807, 2.05) is 24.3 Å². The molecule has 1 aliphatic rings. The normalized spacial score (nSPS) is 14.6. The Kier molecular flexibility index (Phi) is 4.01. The lowest BCUT2D eigenvalue weighted by Crippen LogP contribution is -2.15. The smallest absolute Gasteiger partial charge is 0.165 e. The van der Waals surface area contributed by atoms with Crippen molar-refractivity contribution in [1.29, 1.82) is 0 Å². The predicted octanol–water partition coefficient (Wildman–Crippen LogP) is 4.09. The quantitative estimate of drug-likeness (QED) is 0.778. The van der Waals surface area contributed by atoms with Crippen LogP contribution in [0.2, 0.25) is 0 Å². The van der Waals surface area contributed by atoms with Crippen molar-refractivity contribution in [1.82, 2.24) is 0 Å². The molecule has 1 aliphatic heterocycles. The fourth-order valence-corrected chi connectivity index (χ4v) is 2.82. The van der Waals surface area contributed by atoms with Crippen molar-refractivity contribution < 1.29 is 18.6 Å². The Morgan fingerprint density at radius 3 is 2.43 bits per heavy atom. The van der Waals surface area contributed by atoms with Gasteiger partial charge in [-0.25, -0.2) is 4.39 Å². The van der Waals surface area contributed by atoms with E-state index in [0.29, 0.717) is 13.2 Å². The van der Waals surface area contributed by atoms with Gasteiger partial charge in [-0.2, -0.15) is 0 Å². The molecule has 3 nitrogen and oxygen atoms in total. The molecule has 1 unspecified atom stereocenters. The summed E-state index contributed by atoms with van der Waals surface area (Å²) in [6, 6.07) is 10.6. The number of alkyl halides is 1. The summed E-state index contributed by atoms with van der Waals surface area (Å²) >= 11 is 3.60. The minimum atomic E-state index is -0.378. The van der Waals surface area contributed by atoms with Crippen LogP contribution in [0.15, 0.2) is 36.4 Å². The number of rotatable bonds is 3. The van der Waals surface area contributed by atoms with Crippen LogP contribution < -0.4 is 14.2 Å². The van der Waals surface area contributed by atoms with Crippen LogP contribution in [0.5, 0.6) is 17.2 Å². The molecule has 21 heavy (non-hydrogen) atoms. The van der Waals surface area contributed by atoms with E-state index < -0.39 is 0 Å². The zero-order valence-corrected chi connectivity index (χ0v) is 13.0. The highest BCUT2D eigenvalue weighted by molar-refractivity contribution is 9.09. The zero-order chi connectivity index (χ0) is 14.8. The van der Waals surface area contributed by atoms with E-state index in [-0.39, 0.29) is 16.4 Å². The molecule has 2 aromatic rings. The van der Waals surface area contributed by atoms with Gasteiger partial charge in [0.15, 0.2) is 23.1 Å². The minimum Gasteiger partial charge on any atom is -0.494 e. The Balaban J connectivity index is 1.91. The van der Waals surface area contributed by atoms with Gasteiger partial charge in [0.1, 0.15) is 13.2 Å². The third kappa shape index (κ3) is 2.83.